The summed E-state index contributed by atoms with van der Waals surface area (Å²) < 4.78 is 5.58. The van der Waals surface area contributed by atoms with Gasteiger partial charge in [-0.3, -0.25) is 4.98 Å². The van der Waals surface area contributed by atoms with E-state index in [1.807, 2.05) is 37.2 Å². The number of nitrogens with one attached hydrogen (secondary N) is 1. The highest BCUT2D eigenvalue weighted by Crippen LogP contribution is 2.14. The minimum absolute atomic E-state index is 0.0777. The van der Waals surface area contributed by atoms with Gasteiger partial charge < -0.3 is 14.6 Å². The van der Waals surface area contributed by atoms with Crippen molar-refractivity contribution < 1.29 is 4.42 Å². The monoisotopic (exact) mass is 288 g/mol. The van der Waals surface area contributed by atoms with Crippen molar-refractivity contribution in [3.63, 3.8) is 0 Å². The maximum atomic E-state index is 5.58. The van der Waals surface area contributed by atoms with E-state index < -0.39 is 0 Å². The molecule has 0 amide bonds. The van der Waals surface area contributed by atoms with Crippen LogP contribution in [-0.4, -0.2) is 22.6 Å². The molecule has 2 heterocycles. The molecule has 5 heteroatoms. The van der Waals surface area contributed by atoms with Crippen LogP contribution in [0.15, 0.2) is 28.9 Å². The van der Waals surface area contributed by atoms with E-state index in [-0.39, 0.29) is 5.54 Å². The lowest BCUT2D eigenvalue weighted by molar-refractivity contribution is 0.421. The Bertz CT molecular complexity index is 569. The highest BCUT2D eigenvalue weighted by atomic mass is 16.3. The summed E-state index contributed by atoms with van der Waals surface area (Å²) in [5.41, 5.74) is 1.02. The number of anilines is 1. The minimum atomic E-state index is 0.0777. The largest absolute Gasteiger partial charge is 0.464 e. The molecule has 0 aliphatic heterocycles. The van der Waals surface area contributed by atoms with Crippen molar-refractivity contribution in [2.75, 3.05) is 11.9 Å². The van der Waals surface area contributed by atoms with Gasteiger partial charge in [0.2, 0.25) is 0 Å². The Balaban J connectivity index is 1.94. The Morgan fingerprint density at radius 3 is 2.48 bits per heavy atom. The zero-order valence-electron chi connectivity index (χ0n) is 13.5. The van der Waals surface area contributed by atoms with Gasteiger partial charge in [-0.25, -0.2) is 4.98 Å². The van der Waals surface area contributed by atoms with Gasteiger partial charge in [0.15, 0.2) is 0 Å². The van der Waals surface area contributed by atoms with Gasteiger partial charge in [0.05, 0.1) is 24.6 Å². The summed E-state index contributed by atoms with van der Waals surface area (Å²) in [4.78, 5) is 10.9. The topological polar surface area (TPSA) is 54.2 Å². The first-order valence-electron chi connectivity index (χ1n) is 7.16. The quantitative estimate of drug-likeness (QED) is 0.917. The van der Waals surface area contributed by atoms with Crippen LogP contribution in [-0.2, 0) is 13.1 Å². The molecular formula is C16H24N4O. The van der Waals surface area contributed by atoms with Crippen LogP contribution in [0.5, 0.6) is 0 Å². The SMILES string of the molecule is Cc1ccc(CN(C)c2cnc(CNC(C)(C)C)cn2)o1. The highest BCUT2D eigenvalue weighted by molar-refractivity contribution is 5.35. The van der Waals surface area contributed by atoms with E-state index in [1.165, 1.54) is 0 Å². The number of aryl methyl sites for hydroxylation is 1. The highest BCUT2D eigenvalue weighted by Gasteiger charge is 2.10. The Morgan fingerprint density at radius 2 is 1.95 bits per heavy atom. The van der Waals surface area contributed by atoms with Crippen molar-refractivity contribution in [3.8, 4) is 0 Å². The van der Waals surface area contributed by atoms with Gasteiger partial charge in [-0.15, -0.1) is 0 Å². The van der Waals surface area contributed by atoms with Crippen LogP contribution in [0, 0.1) is 6.92 Å². The van der Waals surface area contributed by atoms with Crippen LogP contribution >= 0.6 is 0 Å². The number of furan rings is 1. The van der Waals surface area contributed by atoms with Gasteiger partial charge in [-0.05, 0) is 39.8 Å². The summed E-state index contributed by atoms with van der Waals surface area (Å²) in [6.45, 7) is 9.75. The first kappa shape index (κ1) is 15.5. The Morgan fingerprint density at radius 1 is 1.19 bits per heavy atom. The second-order valence-electron chi connectivity index (χ2n) is 6.34. The van der Waals surface area contributed by atoms with Crippen LogP contribution < -0.4 is 10.2 Å². The van der Waals surface area contributed by atoms with E-state index in [4.69, 9.17) is 4.42 Å². The third kappa shape index (κ3) is 4.86. The second kappa shape index (κ2) is 6.26. The zero-order valence-corrected chi connectivity index (χ0v) is 13.5. The van der Waals surface area contributed by atoms with Crippen LogP contribution in [0.2, 0.25) is 0 Å². The lowest BCUT2D eigenvalue weighted by Gasteiger charge is -2.20. The van der Waals surface area contributed by atoms with Crippen LogP contribution in [0.3, 0.4) is 0 Å². The van der Waals surface area contributed by atoms with Gasteiger partial charge in [0, 0.05) is 19.1 Å². The Kier molecular flexibility index (Phi) is 4.63. The van der Waals surface area contributed by atoms with E-state index >= 15 is 0 Å². The van der Waals surface area contributed by atoms with Crippen molar-refractivity contribution >= 4 is 5.82 Å². The lowest BCUT2D eigenvalue weighted by atomic mass is 10.1. The molecule has 2 aromatic heterocycles. The molecule has 0 unspecified atom stereocenters. The van der Waals surface area contributed by atoms with E-state index in [0.717, 1.165) is 29.6 Å². The fourth-order valence-corrected chi connectivity index (χ4v) is 1.88. The zero-order chi connectivity index (χ0) is 15.5. The van der Waals surface area contributed by atoms with Crippen molar-refractivity contribution in [1.82, 2.24) is 15.3 Å². The maximum Gasteiger partial charge on any atom is 0.147 e. The lowest BCUT2D eigenvalue weighted by Crippen LogP contribution is -2.35. The van der Waals surface area contributed by atoms with E-state index in [2.05, 4.69) is 36.1 Å². The van der Waals surface area contributed by atoms with Crippen LogP contribution in [0.25, 0.3) is 0 Å². The van der Waals surface area contributed by atoms with E-state index in [9.17, 15) is 0 Å². The smallest absolute Gasteiger partial charge is 0.147 e. The molecule has 0 atom stereocenters. The van der Waals surface area contributed by atoms with Gasteiger partial charge in [-0.2, -0.15) is 0 Å². The molecule has 0 aliphatic rings. The number of hydrogen-bond acceptors (Lipinski definition) is 5. The summed E-state index contributed by atoms with van der Waals surface area (Å²) in [6.07, 6.45) is 3.62. The predicted octanol–water partition coefficient (Wildman–Crippen LogP) is 2.90. The molecule has 0 saturated carbocycles. The Labute approximate surface area is 126 Å². The average Bonchev–Trinajstić information content (AvgIpc) is 2.81. The maximum absolute atomic E-state index is 5.58. The summed E-state index contributed by atoms with van der Waals surface area (Å²) in [5.74, 6) is 2.69. The molecule has 2 rings (SSSR count). The fourth-order valence-electron chi connectivity index (χ4n) is 1.88. The standard InChI is InChI=1S/C16H24N4O/c1-12-6-7-14(21-12)11-20(5)15-10-17-13(8-18-15)9-19-16(2,3)4/h6-8,10,19H,9,11H2,1-5H3. The third-order valence-electron chi connectivity index (χ3n) is 3.07. The van der Waals surface area contributed by atoms with Gasteiger partial charge in [0.25, 0.3) is 0 Å². The molecule has 0 bridgehead atoms. The molecule has 114 valence electrons. The van der Waals surface area contributed by atoms with Crippen LogP contribution in [0.4, 0.5) is 5.82 Å². The minimum Gasteiger partial charge on any atom is -0.464 e. The molecule has 0 spiro atoms. The Hall–Kier alpha value is -1.88. The number of nitrogens with zero attached hydrogens (tertiary/aromatic N) is 3. The fraction of sp³-hybridized carbons (Fsp3) is 0.500. The number of rotatable bonds is 5. The number of aromatic nitrogens is 2. The normalized spacial score (nSPS) is 11.7. The summed E-state index contributed by atoms with van der Waals surface area (Å²) in [5, 5.41) is 3.40. The van der Waals surface area contributed by atoms with E-state index in [1.54, 1.807) is 6.20 Å². The molecular weight excluding hydrogens is 264 g/mol. The van der Waals surface area contributed by atoms with Crippen molar-refractivity contribution in [2.24, 2.45) is 0 Å². The number of hydrogen-bond donors (Lipinski definition) is 1. The first-order valence-corrected chi connectivity index (χ1v) is 7.16. The third-order valence-corrected chi connectivity index (χ3v) is 3.07. The van der Waals surface area contributed by atoms with Crippen molar-refractivity contribution in [1.29, 1.82) is 0 Å². The first-order chi connectivity index (χ1) is 9.83. The summed E-state index contributed by atoms with van der Waals surface area (Å²) in [7, 11) is 1.98. The molecule has 2 aromatic rings. The second-order valence-corrected chi connectivity index (χ2v) is 6.34. The van der Waals surface area contributed by atoms with Crippen molar-refractivity contribution in [3.05, 3.63) is 41.7 Å². The summed E-state index contributed by atoms with van der Waals surface area (Å²) >= 11 is 0. The molecule has 0 aromatic carbocycles. The molecule has 0 radical (unpaired) electrons. The van der Waals surface area contributed by atoms with Gasteiger partial charge >= 0.3 is 0 Å². The van der Waals surface area contributed by atoms with Gasteiger partial charge in [-0.1, -0.05) is 0 Å². The molecule has 21 heavy (non-hydrogen) atoms. The molecule has 0 fully saturated rings. The molecule has 0 saturated heterocycles. The van der Waals surface area contributed by atoms with Crippen molar-refractivity contribution in [2.45, 2.75) is 46.3 Å². The van der Waals surface area contributed by atoms with Crippen LogP contribution in [0.1, 0.15) is 38.0 Å². The van der Waals surface area contributed by atoms with Gasteiger partial charge in [0.1, 0.15) is 17.3 Å². The molecule has 5 nitrogen and oxygen atoms in total. The molecule has 0 aliphatic carbocycles. The summed E-state index contributed by atoms with van der Waals surface area (Å²) in [6, 6.07) is 3.96. The average molecular weight is 288 g/mol. The molecule has 1 N–H and O–H groups in total. The predicted molar refractivity (Wildman–Crippen MR) is 84.2 cm³/mol. The van der Waals surface area contributed by atoms with E-state index in [0.29, 0.717) is 6.54 Å².